The van der Waals surface area contributed by atoms with Crippen LogP contribution in [-0.4, -0.2) is 12.2 Å². The van der Waals surface area contributed by atoms with Crippen LogP contribution in [0.4, 0.5) is 0 Å². The van der Waals surface area contributed by atoms with Gasteiger partial charge in [0.15, 0.2) is 0 Å². The summed E-state index contributed by atoms with van der Waals surface area (Å²) in [6.45, 7) is 0.848. The minimum Gasteiger partial charge on any atom is -0.375 e. The van der Waals surface area contributed by atoms with Gasteiger partial charge in [-0.3, -0.25) is 11.3 Å². The van der Waals surface area contributed by atoms with Crippen LogP contribution in [0.3, 0.4) is 0 Å². The summed E-state index contributed by atoms with van der Waals surface area (Å²) in [5.74, 6) is 6.39. The molecule has 1 saturated carbocycles. The van der Waals surface area contributed by atoms with E-state index in [-0.39, 0.29) is 11.6 Å². The Morgan fingerprint density at radius 3 is 2.81 bits per heavy atom. The van der Waals surface area contributed by atoms with Crippen molar-refractivity contribution in [3.05, 3.63) is 32.4 Å². The third kappa shape index (κ3) is 3.39. The molecule has 1 heterocycles. The summed E-state index contributed by atoms with van der Waals surface area (Å²) in [6, 6.07) is 6.40. The molecule has 3 N–H and O–H groups in total. The highest BCUT2D eigenvalue weighted by Crippen LogP contribution is 2.45. The lowest BCUT2D eigenvalue weighted by Crippen LogP contribution is -2.43. The van der Waals surface area contributed by atoms with Crippen LogP contribution in [-0.2, 0) is 4.74 Å². The summed E-state index contributed by atoms with van der Waals surface area (Å²) in [4.78, 5) is 0. The van der Waals surface area contributed by atoms with Crippen molar-refractivity contribution in [2.75, 3.05) is 6.61 Å². The van der Waals surface area contributed by atoms with E-state index in [0.717, 1.165) is 28.0 Å². The summed E-state index contributed by atoms with van der Waals surface area (Å²) in [5, 5.41) is 0.802. The SMILES string of the molecule is NNC(c1ccc(I)c(Cl)c1)C1CCOC2(CCCC2)C1. The largest absolute Gasteiger partial charge is 0.375 e. The quantitative estimate of drug-likeness (QED) is 0.438. The standard InChI is InChI=1S/C16H22ClIN2O/c17-13-9-11(3-4-14(13)18)15(20-19)12-5-8-21-16(10-12)6-1-2-7-16/h3-4,9,12,15,20H,1-2,5-8,10,19H2. The number of rotatable bonds is 3. The van der Waals surface area contributed by atoms with Crippen molar-refractivity contribution < 1.29 is 4.74 Å². The van der Waals surface area contributed by atoms with Crippen LogP contribution < -0.4 is 11.3 Å². The number of nitrogens with two attached hydrogens (primary N) is 1. The first-order valence-electron chi connectivity index (χ1n) is 7.69. The van der Waals surface area contributed by atoms with Crippen LogP contribution in [0.1, 0.15) is 50.1 Å². The average Bonchev–Trinajstić information content (AvgIpc) is 2.91. The van der Waals surface area contributed by atoms with E-state index in [1.807, 2.05) is 6.07 Å². The molecule has 0 radical (unpaired) electrons. The molecule has 2 fully saturated rings. The van der Waals surface area contributed by atoms with Crippen LogP contribution in [0.25, 0.3) is 0 Å². The third-order valence-electron chi connectivity index (χ3n) is 5.00. The molecule has 0 aromatic heterocycles. The zero-order valence-corrected chi connectivity index (χ0v) is 15.0. The first kappa shape index (κ1) is 16.0. The normalized spacial score (nSPS) is 26.1. The molecule has 2 atom stereocenters. The Morgan fingerprint density at radius 2 is 2.14 bits per heavy atom. The Labute approximate surface area is 145 Å². The maximum absolute atomic E-state index is 6.27. The molecule has 5 heteroatoms. The average molecular weight is 421 g/mol. The highest BCUT2D eigenvalue weighted by atomic mass is 127. The summed E-state index contributed by atoms with van der Waals surface area (Å²) in [7, 11) is 0. The van der Waals surface area contributed by atoms with Crippen LogP contribution >= 0.6 is 34.2 Å². The molecular weight excluding hydrogens is 399 g/mol. The van der Waals surface area contributed by atoms with Gasteiger partial charge in [0.2, 0.25) is 0 Å². The van der Waals surface area contributed by atoms with E-state index in [0.29, 0.717) is 5.92 Å². The Hall–Kier alpha value is 0.120. The van der Waals surface area contributed by atoms with Crippen molar-refractivity contribution in [2.45, 2.75) is 50.2 Å². The molecule has 1 aliphatic carbocycles. The molecule has 1 aromatic carbocycles. The molecule has 3 rings (SSSR count). The van der Waals surface area contributed by atoms with Crippen LogP contribution in [0.2, 0.25) is 5.02 Å². The first-order valence-corrected chi connectivity index (χ1v) is 9.14. The number of hydrogen-bond donors (Lipinski definition) is 2. The van der Waals surface area contributed by atoms with E-state index in [2.05, 4.69) is 40.1 Å². The van der Waals surface area contributed by atoms with Crippen LogP contribution in [0, 0.1) is 9.49 Å². The van der Waals surface area contributed by atoms with Crippen molar-refractivity contribution in [3.8, 4) is 0 Å². The second kappa shape index (κ2) is 6.71. The summed E-state index contributed by atoms with van der Waals surface area (Å²) in [6.07, 6.45) is 7.15. The number of hydrogen-bond acceptors (Lipinski definition) is 3. The smallest absolute Gasteiger partial charge is 0.0686 e. The van der Waals surface area contributed by atoms with Crippen molar-refractivity contribution in [1.29, 1.82) is 0 Å². The lowest BCUT2D eigenvalue weighted by atomic mass is 9.79. The Bertz CT molecular complexity index is 505. The van der Waals surface area contributed by atoms with E-state index in [4.69, 9.17) is 22.2 Å². The predicted molar refractivity (Wildman–Crippen MR) is 94.1 cm³/mol. The molecule has 1 aromatic rings. The van der Waals surface area contributed by atoms with Gasteiger partial charge in [0.1, 0.15) is 0 Å². The lowest BCUT2D eigenvalue weighted by molar-refractivity contribution is -0.0982. The fourth-order valence-electron chi connectivity index (χ4n) is 3.93. The van der Waals surface area contributed by atoms with Crippen LogP contribution in [0.5, 0.6) is 0 Å². The van der Waals surface area contributed by atoms with E-state index < -0.39 is 0 Å². The van der Waals surface area contributed by atoms with E-state index in [1.165, 1.54) is 31.2 Å². The minimum absolute atomic E-state index is 0.116. The second-order valence-corrected chi connectivity index (χ2v) is 7.88. The highest BCUT2D eigenvalue weighted by Gasteiger charge is 2.42. The van der Waals surface area contributed by atoms with Gasteiger partial charge in [-0.1, -0.05) is 30.5 Å². The van der Waals surface area contributed by atoms with Crippen molar-refractivity contribution in [1.82, 2.24) is 5.43 Å². The number of benzene rings is 1. The fourth-order valence-corrected chi connectivity index (χ4v) is 4.45. The zero-order valence-electron chi connectivity index (χ0n) is 12.1. The van der Waals surface area contributed by atoms with E-state index >= 15 is 0 Å². The van der Waals surface area contributed by atoms with Gasteiger partial charge in [0.05, 0.1) is 10.6 Å². The Balaban J connectivity index is 1.80. The topological polar surface area (TPSA) is 47.3 Å². The fraction of sp³-hybridized carbons (Fsp3) is 0.625. The number of halogens is 2. The maximum Gasteiger partial charge on any atom is 0.0686 e. The molecule has 0 bridgehead atoms. The molecule has 2 aliphatic rings. The minimum atomic E-state index is 0.116. The van der Waals surface area contributed by atoms with E-state index in [9.17, 15) is 0 Å². The molecule has 1 aliphatic heterocycles. The van der Waals surface area contributed by atoms with Crippen LogP contribution in [0.15, 0.2) is 18.2 Å². The number of hydrazine groups is 1. The summed E-state index contributed by atoms with van der Waals surface area (Å²) in [5.41, 5.74) is 4.32. The predicted octanol–water partition coefficient (Wildman–Crippen LogP) is 4.19. The van der Waals surface area contributed by atoms with Gasteiger partial charge in [0.25, 0.3) is 0 Å². The molecule has 2 unspecified atom stereocenters. The van der Waals surface area contributed by atoms with Crippen molar-refractivity contribution >= 4 is 34.2 Å². The van der Waals surface area contributed by atoms with Gasteiger partial charge < -0.3 is 4.74 Å². The Morgan fingerprint density at radius 1 is 1.38 bits per heavy atom. The molecule has 0 amide bonds. The number of nitrogens with one attached hydrogen (secondary N) is 1. The molecule has 1 saturated heterocycles. The van der Waals surface area contributed by atoms with Gasteiger partial charge in [-0.25, -0.2) is 0 Å². The first-order chi connectivity index (χ1) is 10.1. The van der Waals surface area contributed by atoms with Gasteiger partial charge in [-0.05, 0) is 71.9 Å². The van der Waals surface area contributed by atoms with Gasteiger partial charge >= 0.3 is 0 Å². The van der Waals surface area contributed by atoms with E-state index in [1.54, 1.807) is 0 Å². The maximum atomic E-state index is 6.27. The highest BCUT2D eigenvalue weighted by molar-refractivity contribution is 14.1. The molecule has 3 nitrogen and oxygen atoms in total. The second-order valence-electron chi connectivity index (χ2n) is 6.31. The molecule has 1 spiro atoms. The van der Waals surface area contributed by atoms with Gasteiger partial charge in [-0.2, -0.15) is 0 Å². The third-order valence-corrected chi connectivity index (χ3v) is 6.57. The molecule has 21 heavy (non-hydrogen) atoms. The molecular formula is C16H22ClIN2O. The zero-order chi connectivity index (χ0) is 14.9. The lowest BCUT2D eigenvalue weighted by Gasteiger charge is -2.41. The summed E-state index contributed by atoms with van der Waals surface area (Å²) >= 11 is 8.53. The molecule has 116 valence electrons. The monoisotopic (exact) mass is 420 g/mol. The van der Waals surface area contributed by atoms with Gasteiger partial charge in [-0.15, -0.1) is 0 Å². The Kier molecular flexibility index (Phi) is 5.11. The number of ether oxygens (including phenoxy) is 1. The van der Waals surface area contributed by atoms with Gasteiger partial charge in [0, 0.05) is 16.2 Å². The van der Waals surface area contributed by atoms with Crippen molar-refractivity contribution in [2.24, 2.45) is 11.8 Å². The summed E-state index contributed by atoms with van der Waals surface area (Å²) < 4.78 is 7.21. The van der Waals surface area contributed by atoms with Crippen molar-refractivity contribution in [3.63, 3.8) is 0 Å².